The minimum absolute atomic E-state index is 0.0884. The fraction of sp³-hybridized carbons (Fsp3) is 0.240. The molecule has 0 atom stereocenters. The molecule has 0 saturated heterocycles. The Balaban J connectivity index is 1.72. The van der Waals surface area contributed by atoms with Crippen molar-refractivity contribution in [2.24, 2.45) is 5.10 Å². The average Bonchev–Trinajstić information content (AvgIpc) is 3.48. The molecule has 2 aliphatic rings. The predicted octanol–water partition coefficient (Wildman–Crippen LogP) is 3.21. The zero-order chi connectivity index (χ0) is 24.0. The largest absolute Gasteiger partial charge is 0.497 e. The molecule has 3 aromatic rings. The number of ether oxygens (including phenoxy) is 1. The van der Waals surface area contributed by atoms with Crippen LogP contribution >= 0.6 is 23.1 Å². The van der Waals surface area contributed by atoms with E-state index >= 15 is 0 Å². The average molecular weight is 493 g/mol. The molecule has 0 spiro atoms. The number of nitrogens with zero attached hydrogens (tertiary/aromatic N) is 4. The summed E-state index contributed by atoms with van der Waals surface area (Å²) in [6.07, 6.45) is 0. The molecular weight excluding hydrogens is 468 g/mol. The number of thiazole rings is 1. The van der Waals surface area contributed by atoms with Crippen LogP contribution in [0.25, 0.3) is 10.6 Å². The molecule has 0 saturated carbocycles. The van der Waals surface area contributed by atoms with E-state index < -0.39 is 0 Å². The van der Waals surface area contributed by atoms with Crippen molar-refractivity contribution in [1.29, 1.82) is 0 Å². The Kier molecular flexibility index (Phi) is 5.83. The molecule has 0 unspecified atom stereocenters. The van der Waals surface area contributed by atoms with E-state index in [0.717, 1.165) is 21.4 Å². The second-order valence-corrected chi connectivity index (χ2v) is 9.81. The molecule has 174 valence electrons. The van der Waals surface area contributed by atoms with Crippen molar-refractivity contribution in [3.8, 4) is 5.75 Å². The molecule has 5 rings (SSSR count). The number of amides is 1. The van der Waals surface area contributed by atoms with Gasteiger partial charge in [-0.05, 0) is 45.0 Å². The standard InChI is InChI=1S/C25H24N4O3S2/c1-5-27-18-14-17(32-4)12-13-19(18)33-25(27)21-23(31)28(6-2)24(34-21)20-15(3)26-29(22(20)30)16-10-8-7-9-11-16/h7-14H,5-6H2,1-4H3. The monoisotopic (exact) mass is 492 g/mol. The lowest BCUT2D eigenvalue weighted by molar-refractivity contribution is -0.112. The van der Waals surface area contributed by atoms with Crippen LogP contribution in [0.1, 0.15) is 20.8 Å². The Morgan fingerprint density at radius 2 is 1.79 bits per heavy atom. The van der Waals surface area contributed by atoms with Gasteiger partial charge in [-0.25, -0.2) is 0 Å². The summed E-state index contributed by atoms with van der Waals surface area (Å²) < 4.78 is 8.37. The first-order chi connectivity index (χ1) is 16.5. The first-order valence-corrected chi connectivity index (χ1v) is 12.7. The SMILES string of the molecule is CCN1C(=c2sc(=C3C(=O)N(c4ccccc4)N=C3C)n(CC)c2=O)Sc2ccc(OC)cc21. The van der Waals surface area contributed by atoms with Gasteiger partial charge >= 0.3 is 0 Å². The Labute approximate surface area is 205 Å². The molecule has 0 N–H and O–H groups in total. The van der Waals surface area contributed by atoms with Crippen molar-refractivity contribution in [2.45, 2.75) is 32.2 Å². The molecule has 34 heavy (non-hydrogen) atoms. The lowest BCUT2D eigenvalue weighted by Gasteiger charge is -2.17. The van der Waals surface area contributed by atoms with Gasteiger partial charge < -0.3 is 9.64 Å². The Hall–Kier alpha value is -3.30. The smallest absolute Gasteiger partial charge is 0.283 e. The molecule has 2 aromatic carbocycles. The van der Waals surface area contributed by atoms with Crippen molar-refractivity contribution in [3.63, 3.8) is 0 Å². The summed E-state index contributed by atoms with van der Waals surface area (Å²) in [6, 6.07) is 15.3. The number of carbonyl (C=O) groups excluding carboxylic acids is 1. The van der Waals surface area contributed by atoms with Crippen LogP contribution in [0.4, 0.5) is 11.4 Å². The molecule has 2 aliphatic heterocycles. The van der Waals surface area contributed by atoms with Crippen LogP contribution in [0.3, 0.4) is 0 Å². The lowest BCUT2D eigenvalue weighted by atomic mass is 10.2. The highest BCUT2D eigenvalue weighted by molar-refractivity contribution is 8.08. The summed E-state index contributed by atoms with van der Waals surface area (Å²) in [7, 11) is 1.65. The number of benzene rings is 2. The maximum absolute atomic E-state index is 13.6. The number of anilines is 2. The first-order valence-electron chi connectivity index (χ1n) is 11.0. The Morgan fingerprint density at radius 3 is 2.47 bits per heavy atom. The van der Waals surface area contributed by atoms with Gasteiger partial charge in [0.2, 0.25) is 0 Å². The molecule has 3 heterocycles. The van der Waals surface area contributed by atoms with E-state index in [4.69, 9.17) is 4.74 Å². The topological polar surface area (TPSA) is 67.1 Å². The molecule has 9 heteroatoms. The number of para-hydroxylation sites is 1. The van der Waals surface area contributed by atoms with Gasteiger partial charge in [-0.2, -0.15) is 10.1 Å². The molecule has 7 nitrogen and oxygen atoms in total. The number of hydrogen-bond acceptors (Lipinski definition) is 7. The van der Waals surface area contributed by atoms with Gasteiger partial charge in [-0.3, -0.25) is 14.2 Å². The van der Waals surface area contributed by atoms with Crippen molar-refractivity contribution < 1.29 is 9.53 Å². The lowest BCUT2D eigenvalue weighted by Crippen LogP contribution is -2.35. The van der Waals surface area contributed by atoms with Gasteiger partial charge in [-0.1, -0.05) is 30.0 Å². The highest BCUT2D eigenvalue weighted by atomic mass is 32.2. The van der Waals surface area contributed by atoms with Crippen LogP contribution in [0.2, 0.25) is 0 Å². The first kappa shape index (κ1) is 22.5. The van der Waals surface area contributed by atoms with Gasteiger partial charge in [0.05, 0.1) is 29.8 Å². The quantitative estimate of drug-likeness (QED) is 0.560. The van der Waals surface area contributed by atoms with Gasteiger partial charge in [-0.15, -0.1) is 11.3 Å². The van der Waals surface area contributed by atoms with Crippen molar-refractivity contribution in [2.75, 3.05) is 23.6 Å². The summed E-state index contributed by atoms with van der Waals surface area (Å²) in [5.74, 6) is 0.556. The third kappa shape index (κ3) is 3.47. The third-order valence-electron chi connectivity index (χ3n) is 5.85. The summed E-state index contributed by atoms with van der Waals surface area (Å²) in [5.41, 5.74) is 2.72. The number of methoxy groups -OCH3 is 1. The molecule has 1 aromatic heterocycles. The van der Waals surface area contributed by atoms with E-state index in [2.05, 4.69) is 16.9 Å². The van der Waals surface area contributed by atoms with E-state index in [1.807, 2.05) is 62.4 Å². The van der Waals surface area contributed by atoms with Crippen molar-refractivity contribution >= 4 is 56.7 Å². The highest BCUT2D eigenvalue weighted by Crippen LogP contribution is 2.47. The van der Waals surface area contributed by atoms with Crippen LogP contribution in [-0.2, 0) is 11.3 Å². The Bertz CT molecular complexity index is 1510. The molecule has 0 aliphatic carbocycles. The normalized spacial score (nSPS) is 18.5. The summed E-state index contributed by atoms with van der Waals surface area (Å²) in [4.78, 5) is 30.2. The molecule has 1 amide bonds. The van der Waals surface area contributed by atoms with Crippen LogP contribution in [0.15, 0.2) is 63.3 Å². The summed E-state index contributed by atoms with van der Waals surface area (Å²) in [6.45, 7) is 6.97. The molecular formula is C25H24N4O3S2. The third-order valence-corrected chi connectivity index (χ3v) is 8.35. The minimum Gasteiger partial charge on any atom is -0.497 e. The van der Waals surface area contributed by atoms with E-state index in [1.165, 1.54) is 16.3 Å². The van der Waals surface area contributed by atoms with E-state index in [1.54, 1.807) is 23.4 Å². The van der Waals surface area contributed by atoms with Gasteiger partial charge in [0.25, 0.3) is 11.5 Å². The van der Waals surface area contributed by atoms with E-state index in [9.17, 15) is 9.59 Å². The number of aromatic nitrogens is 1. The summed E-state index contributed by atoms with van der Waals surface area (Å²) in [5, 5.41) is 6.80. The summed E-state index contributed by atoms with van der Waals surface area (Å²) >= 11 is 2.94. The molecule has 0 fully saturated rings. The van der Waals surface area contributed by atoms with Crippen molar-refractivity contribution in [1.82, 2.24) is 4.57 Å². The van der Waals surface area contributed by atoms with Crippen LogP contribution in [0, 0.1) is 0 Å². The Morgan fingerprint density at radius 1 is 1.03 bits per heavy atom. The second-order valence-electron chi connectivity index (χ2n) is 7.78. The van der Waals surface area contributed by atoms with Gasteiger partial charge in [0.15, 0.2) is 0 Å². The van der Waals surface area contributed by atoms with E-state index in [-0.39, 0.29) is 11.5 Å². The number of hydrogen-bond donors (Lipinski definition) is 0. The number of hydrazone groups is 1. The number of rotatable bonds is 4. The number of fused-ring (bicyclic) bond motifs is 1. The van der Waals surface area contributed by atoms with E-state index in [0.29, 0.717) is 39.3 Å². The maximum atomic E-state index is 13.6. The number of thioether (sulfide) groups is 1. The zero-order valence-electron chi connectivity index (χ0n) is 19.4. The molecule has 0 radical (unpaired) electrons. The van der Waals surface area contributed by atoms with Crippen LogP contribution in [0.5, 0.6) is 5.75 Å². The van der Waals surface area contributed by atoms with Crippen LogP contribution in [-0.4, -0.2) is 29.8 Å². The fourth-order valence-corrected chi connectivity index (χ4v) is 6.82. The zero-order valence-corrected chi connectivity index (χ0v) is 21.0. The second kappa shape index (κ2) is 8.81. The van der Waals surface area contributed by atoms with Gasteiger partial charge in [0, 0.05) is 24.1 Å². The minimum atomic E-state index is -0.219. The highest BCUT2D eigenvalue weighted by Gasteiger charge is 2.32. The predicted molar refractivity (Wildman–Crippen MR) is 139 cm³/mol. The van der Waals surface area contributed by atoms with Crippen molar-refractivity contribution in [3.05, 3.63) is 68.1 Å². The maximum Gasteiger partial charge on any atom is 0.283 e. The van der Waals surface area contributed by atoms with Crippen LogP contribution < -0.4 is 29.4 Å². The molecule has 0 bridgehead atoms. The number of carbonyl (C=O) groups is 1. The van der Waals surface area contributed by atoms with Gasteiger partial charge in [0.1, 0.15) is 20.0 Å². The fourth-order valence-electron chi connectivity index (χ4n) is 4.19.